The first kappa shape index (κ1) is 21.7. The molecule has 5 nitrogen and oxygen atoms in total. The van der Waals surface area contributed by atoms with Gasteiger partial charge in [0.1, 0.15) is 11.5 Å². The van der Waals surface area contributed by atoms with Gasteiger partial charge in [0.15, 0.2) is 0 Å². The van der Waals surface area contributed by atoms with Gasteiger partial charge in [-0.1, -0.05) is 41.4 Å². The van der Waals surface area contributed by atoms with Crippen LogP contribution in [0.2, 0.25) is 10.0 Å². The Kier molecular flexibility index (Phi) is 6.98. The lowest BCUT2D eigenvalue weighted by Gasteiger charge is -2.17. The fourth-order valence-electron chi connectivity index (χ4n) is 2.81. The van der Waals surface area contributed by atoms with Crippen LogP contribution in [-0.2, 0) is 4.74 Å². The summed E-state index contributed by atoms with van der Waals surface area (Å²) in [6.45, 7) is 1.84. The molecule has 1 N–H and O–H groups in total. The number of hydrogen-bond donors (Lipinski definition) is 1. The van der Waals surface area contributed by atoms with Crippen LogP contribution in [0, 0.1) is 0 Å². The van der Waals surface area contributed by atoms with E-state index in [1.807, 2.05) is 6.92 Å². The Morgan fingerprint density at radius 2 is 1.63 bits per heavy atom. The highest BCUT2D eigenvalue weighted by atomic mass is 35.5. The second kappa shape index (κ2) is 9.65. The first-order valence-electron chi connectivity index (χ1n) is 9.09. The first-order valence-corrected chi connectivity index (χ1v) is 9.85. The zero-order chi connectivity index (χ0) is 21.7. The third-order valence-electron chi connectivity index (χ3n) is 4.39. The molecule has 0 aromatic heterocycles. The van der Waals surface area contributed by atoms with Gasteiger partial charge in [0.2, 0.25) is 0 Å². The lowest BCUT2D eigenvalue weighted by molar-refractivity contribution is 0.0600. The molecule has 0 heterocycles. The second-order valence-corrected chi connectivity index (χ2v) is 7.38. The topological polar surface area (TPSA) is 64.6 Å². The van der Waals surface area contributed by atoms with E-state index in [1.165, 1.54) is 7.11 Å². The van der Waals surface area contributed by atoms with Crippen molar-refractivity contribution < 1.29 is 19.1 Å². The van der Waals surface area contributed by atoms with Crippen molar-refractivity contribution >= 4 is 35.1 Å². The summed E-state index contributed by atoms with van der Waals surface area (Å²) in [4.78, 5) is 24.5. The predicted octanol–water partition coefficient (Wildman–Crippen LogP) is 6.06. The third-order valence-corrected chi connectivity index (χ3v) is 4.86. The molecule has 0 aliphatic rings. The van der Waals surface area contributed by atoms with Crippen molar-refractivity contribution in [2.45, 2.75) is 13.0 Å². The maximum absolute atomic E-state index is 12.9. The molecule has 154 valence electrons. The Labute approximate surface area is 184 Å². The number of carbonyl (C=O) groups is 2. The number of hydrogen-bond acceptors (Lipinski definition) is 4. The van der Waals surface area contributed by atoms with Gasteiger partial charge in [-0.15, -0.1) is 0 Å². The first-order chi connectivity index (χ1) is 14.4. The smallest absolute Gasteiger partial charge is 0.337 e. The fourth-order valence-corrected chi connectivity index (χ4v) is 3.16. The number of benzene rings is 3. The van der Waals surface area contributed by atoms with E-state index in [0.717, 1.165) is 5.56 Å². The summed E-state index contributed by atoms with van der Waals surface area (Å²) in [5.41, 5.74) is 1.56. The minimum atomic E-state index is -0.417. The normalized spacial score (nSPS) is 11.5. The summed E-state index contributed by atoms with van der Waals surface area (Å²) < 4.78 is 10.5. The Morgan fingerprint density at radius 3 is 2.30 bits per heavy atom. The Bertz CT molecular complexity index is 1070. The zero-order valence-electron chi connectivity index (χ0n) is 16.3. The summed E-state index contributed by atoms with van der Waals surface area (Å²) in [5.74, 6) is 0.0942. The summed E-state index contributed by atoms with van der Waals surface area (Å²) >= 11 is 12.1. The average Bonchev–Trinajstić information content (AvgIpc) is 2.74. The van der Waals surface area contributed by atoms with Gasteiger partial charge in [-0.25, -0.2) is 4.79 Å². The van der Waals surface area contributed by atoms with Crippen molar-refractivity contribution in [3.8, 4) is 11.5 Å². The fraction of sp³-hybridized carbons (Fsp3) is 0.130. The highest BCUT2D eigenvalue weighted by molar-refractivity contribution is 6.31. The molecule has 1 amide bonds. The molecular weight excluding hydrogens is 425 g/mol. The van der Waals surface area contributed by atoms with Gasteiger partial charge < -0.3 is 14.8 Å². The van der Waals surface area contributed by atoms with Crippen molar-refractivity contribution in [2.75, 3.05) is 7.11 Å². The highest BCUT2D eigenvalue weighted by Gasteiger charge is 2.18. The molecule has 0 bridgehead atoms. The van der Waals surface area contributed by atoms with Gasteiger partial charge >= 0.3 is 5.97 Å². The summed E-state index contributed by atoms with van der Waals surface area (Å²) in [5, 5.41) is 3.86. The summed E-state index contributed by atoms with van der Waals surface area (Å²) in [6, 6.07) is 18.2. The summed E-state index contributed by atoms with van der Waals surface area (Å²) in [7, 11) is 1.33. The maximum atomic E-state index is 12.9. The zero-order valence-corrected chi connectivity index (χ0v) is 17.8. The van der Waals surface area contributed by atoms with Crippen LogP contribution in [0.1, 0.15) is 39.2 Å². The number of rotatable bonds is 6. The van der Waals surface area contributed by atoms with E-state index in [0.29, 0.717) is 32.7 Å². The number of halogens is 2. The lowest BCUT2D eigenvalue weighted by atomic mass is 10.1. The van der Waals surface area contributed by atoms with E-state index in [4.69, 9.17) is 32.7 Å². The van der Waals surface area contributed by atoms with Crippen LogP contribution >= 0.6 is 23.2 Å². The predicted molar refractivity (Wildman–Crippen MR) is 117 cm³/mol. The number of esters is 1. The molecule has 0 fully saturated rings. The molecule has 1 unspecified atom stereocenters. The van der Waals surface area contributed by atoms with Gasteiger partial charge in [0.25, 0.3) is 5.91 Å². The van der Waals surface area contributed by atoms with Crippen LogP contribution in [0.25, 0.3) is 0 Å². The quantitative estimate of drug-likeness (QED) is 0.469. The van der Waals surface area contributed by atoms with Crippen LogP contribution in [-0.4, -0.2) is 19.0 Å². The molecule has 0 saturated carbocycles. The van der Waals surface area contributed by atoms with Crippen molar-refractivity contribution in [3.05, 3.63) is 93.5 Å². The van der Waals surface area contributed by atoms with E-state index in [1.54, 1.807) is 66.7 Å². The van der Waals surface area contributed by atoms with Crippen molar-refractivity contribution in [1.29, 1.82) is 0 Å². The van der Waals surface area contributed by atoms with Gasteiger partial charge in [-0.3, -0.25) is 4.79 Å². The number of nitrogens with one attached hydrogen (secondary N) is 1. The van der Waals surface area contributed by atoms with Crippen molar-refractivity contribution in [2.24, 2.45) is 0 Å². The molecule has 1 atom stereocenters. The monoisotopic (exact) mass is 443 g/mol. The van der Waals surface area contributed by atoms with E-state index >= 15 is 0 Å². The van der Waals surface area contributed by atoms with E-state index < -0.39 is 5.97 Å². The van der Waals surface area contributed by atoms with Gasteiger partial charge in [-0.2, -0.15) is 0 Å². The molecule has 30 heavy (non-hydrogen) atoms. The largest absolute Gasteiger partial charge is 0.465 e. The van der Waals surface area contributed by atoms with Crippen LogP contribution in [0.4, 0.5) is 0 Å². The minimum Gasteiger partial charge on any atom is -0.465 e. The molecule has 0 aliphatic heterocycles. The van der Waals surface area contributed by atoms with E-state index in [2.05, 4.69) is 5.32 Å². The summed E-state index contributed by atoms with van der Waals surface area (Å²) in [6.07, 6.45) is 0. The van der Waals surface area contributed by atoms with Gasteiger partial charge in [0.05, 0.1) is 24.3 Å². The Balaban J connectivity index is 1.79. The third kappa shape index (κ3) is 5.32. The molecular formula is C23H19Cl2NO4. The Morgan fingerprint density at radius 1 is 0.933 bits per heavy atom. The average molecular weight is 444 g/mol. The molecule has 7 heteroatoms. The second-order valence-electron chi connectivity index (χ2n) is 6.51. The van der Waals surface area contributed by atoms with Crippen molar-refractivity contribution in [3.63, 3.8) is 0 Å². The minimum absolute atomic E-state index is 0.292. The number of amides is 1. The highest BCUT2D eigenvalue weighted by Crippen LogP contribution is 2.30. The van der Waals surface area contributed by atoms with E-state index in [9.17, 15) is 9.59 Å². The molecule has 3 rings (SSSR count). The molecule has 0 saturated heterocycles. The maximum Gasteiger partial charge on any atom is 0.337 e. The Hall–Kier alpha value is -3.02. The van der Waals surface area contributed by atoms with Crippen LogP contribution in [0.15, 0.2) is 66.7 Å². The molecule has 0 aliphatic carbocycles. The van der Waals surface area contributed by atoms with Crippen LogP contribution in [0.5, 0.6) is 11.5 Å². The molecule has 0 radical (unpaired) electrons. The number of methoxy groups -OCH3 is 1. The SMILES string of the molecule is COC(=O)c1ccc(C(C)NC(=O)c2cc(Cl)ccc2Oc2cccc(Cl)c2)cc1. The number of ether oxygens (including phenoxy) is 2. The lowest BCUT2D eigenvalue weighted by Crippen LogP contribution is -2.27. The van der Waals surface area contributed by atoms with Crippen LogP contribution in [0.3, 0.4) is 0 Å². The van der Waals surface area contributed by atoms with Gasteiger partial charge in [0, 0.05) is 10.0 Å². The number of carbonyl (C=O) groups excluding carboxylic acids is 2. The molecule has 3 aromatic carbocycles. The van der Waals surface area contributed by atoms with E-state index in [-0.39, 0.29) is 11.9 Å². The van der Waals surface area contributed by atoms with Gasteiger partial charge in [-0.05, 0) is 61.0 Å². The molecule has 3 aromatic rings. The standard InChI is InChI=1S/C23H19Cl2NO4/c1-14(15-6-8-16(9-7-15)23(28)29-2)26-22(27)20-13-18(25)10-11-21(20)30-19-5-3-4-17(24)12-19/h3-14H,1-2H3,(H,26,27). The van der Waals surface area contributed by atoms with Crippen LogP contribution < -0.4 is 10.1 Å². The molecule has 0 spiro atoms. The van der Waals surface area contributed by atoms with Crippen molar-refractivity contribution in [1.82, 2.24) is 5.32 Å².